The number of nitrogens with zero attached hydrogens (tertiary/aromatic N) is 2. The van der Waals surface area contributed by atoms with E-state index in [9.17, 15) is 0 Å². The molecule has 18 heavy (non-hydrogen) atoms. The van der Waals surface area contributed by atoms with Crippen LogP contribution in [0.1, 0.15) is 24.6 Å². The molecule has 3 nitrogen and oxygen atoms in total. The number of halogens is 1. The van der Waals surface area contributed by atoms with Crippen LogP contribution >= 0.6 is 33.9 Å². The van der Waals surface area contributed by atoms with Crippen molar-refractivity contribution in [3.63, 3.8) is 0 Å². The minimum Gasteiger partial charge on any atom is -0.356 e. The van der Waals surface area contributed by atoms with E-state index in [1.165, 1.54) is 20.6 Å². The Morgan fingerprint density at radius 1 is 1.50 bits per heavy atom. The van der Waals surface area contributed by atoms with Crippen LogP contribution in [-0.2, 0) is 6.42 Å². The van der Waals surface area contributed by atoms with Crippen LogP contribution in [0, 0.1) is 2.88 Å². The van der Waals surface area contributed by atoms with E-state index < -0.39 is 0 Å². The maximum Gasteiger partial charge on any atom is 0.193 e. The zero-order valence-corrected chi connectivity index (χ0v) is 14.3. The monoisotopic (exact) mass is 379 g/mol. The maximum atomic E-state index is 4.31. The lowest BCUT2D eigenvalue weighted by Gasteiger charge is -2.21. The van der Waals surface area contributed by atoms with Gasteiger partial charge in [0.25, 0.3) is 0 Å². The number of hydrogen-bond acceptors (Lipinski definition) is 2. The van der Waals surface area contributed by atoms with Gasteiger partial charge in [0.2, 0.25) is 0 Å². The van der Waals surface area contributed by atoms with Gasteiger partial charge in [-0.2, -0.15) is 0 Å². The fourth-order valence-electron chi connectivity index (χ4n) is 1.67. The largest absolute Gasteiger partial charge is 0.356 e. The fraction of sp³-hybridized carbons (Fsp3) is 0.615. The Balaban J connectivity index is 2.31. The van der Waals surface area contributed by atoms with Crippen LogP contribution in [0.15, 0.2) is 17.1 Å². The van der Waals surface area contributed by atoms with Crippen molar-refractivity contribution >= 4 is 39.9 Å². The first-order valence-corrected chi connectivity index (χ1v) is 8.23. The first kappa shape index (κ1) is 15.8. The molecular formula is C13H22IN3S. The molecule has 1 N–H and O–H groups in total. The van der Waals surface area contributed by atoms with Crippen LogP contribution in [0.3, 0.4) is 0 Å². The van der Waals surface area contributed by atoms with E-state index in [0.717, 1.165) is 25.5 Å². The molecule has 0 aliphatic rings. The molecule has 102 valence electrons. The molecule has 1 heterocycles. The van der Waals surface area contributed by atoms with E-state index in [1.807, 2.05) is 18.4 Å². The van der Waals surface area contributed by atoms with Gasteiger partial charge in [-0.1, -0.05) is 13.3 Å². The number of guanidine groups is 1. The molecule has 0 bridgehead atoms. The average molecular weight is 379 g/mol. The van der Waals surface area contributed by atoms with Crippen LogP contribution in [0.5, 0.6) is 0 Å². The predicted octanol–water partition coefficient (Wildman–Crippen LogP) is 3.20. The van der Waals surface area contributed by atoms with E-state index in [0.29, 0.717) is 0 Å². The smallest absolute Gasteiger partial charge is 0.193 e. The van der Waals surface area contributed by atoms with E-state index in [4.69, 9.17) is 0 Å². The summed E-state index contributed by atoms with van der Waals surface area (Å²) in [6.45, 7) is 4.22. The Kier molecular flexibility index (Phi) is 7.65. The maximum absolute atomic E-state index is 4.31. The summed E-state index contributed by atoms with van der Waals surface area (Å²) in [6, 6.07) is 4.38. The minimum absolute atomic E-state index is 0.944. The number of hydrogen-bond donors (Lipinski definition) is 1. The lowest BCUT2D eigenvalue weighted by molar-refractivity contribution is 0.465. The van der Waals surface area contributed by atoms with E-state index in [2.05, 4.69) is 63.9 Å². The Bertz CT molecular complexity index is 376. The van der Waals surface area contributed by atoms with E-state index in [-0.39, 0.29) is 0 Å². The van der Waals surface area contributed by atoms with Gasteiger partial charge >= 0.3 is 0 Å². The Labute approximate surface area is 128 Å². The van der Waals surface area contributed by atoms with Crippen LogP contribution in [0.25, 0.3) is 0 Å². The van der Waals surface area contributed by atoms with Crippen molar-refractivity contribution in [2.45, 2.75) is 26.2 Å². The van der Waals surface area contributed by atoms with Crippen LogP contribution in [0.2, 0.25) is 0 Å². The van der Waals surface area contributed by atoms with Gasteiger partial charge < -0.3 is 10.2 Å². The van der Waals surface area contributed by atoms with Gasteiger partial charge in [-0.25, -0.2) is 0 Å². The minimum atomic E-state index is 0.944. The number of aliphatic imine (C=N–C) groups is 1. The van der Waals surface area contributed by atoms with Crippen LogP contribution in [-0.4, -0.2) is 38.0 Å². The van der Waals surface area contributed by atoms with Crippen LogP contribution < -0.4 is 5.32 Å². The van der Waals surface area contributed by atoms with E-state index in [1.54, 1.807) is 0 Å². The number of unbranched alkanes of at least 4 members (excludes halogenated alkanes) is 1. The third-order valence-electron chi connectivity index (χ3n) is 2.70. The second-order valence-electron chi connectivity index (χ2n) is 4.20. The molecule has 5 heteroatoms. The van der Waals surface area contributed by atoms with Crippen molar-refractivity contribution < 1.29 is 0 Å². The van der Waals surface area contributed by atoms with Gasteiger partial charge in [0.05, 0.1) is 2.88 Å². The number of rotatable bonds is 6. The quantitative estimate of drug-likeness (QED) is 0.467. The molecule has 0 fully saturated rings. The molecule has 0 saturated heterocycles. The highest BCUT2D eigenvalue weighted by molar-refractivity contribution is 14.1. The normalized spacial score (nSPS) is 11.7. The molecule has 0 spiro atoms. The SMILES string of the molecule is CCCCN(C)C(=NC)NCCc1ccc(I)s1. The topological polar surface area (TPSA) is 27.6 Å². The molecule has 0 radical (unpaired) electrons. The fourth-order valence-corrected chi connectivity index (χ4v) is 3.42. The summed E-state index contributed by atoms with van der Waals surface area (Å²) in [4.78, 5) is 7.94. The molecule has 0 unspecified atom stereocenters. The molecule has 0 amide bonds. The Morgan fingerprint density at radius 2 is 2.28 bits per heavy atom. The molecule has 0 aliphatic heterocycles. The molecule has 1 aromatic rings. The van der Waals surface area contributed by atoms with Crippen molar-refractivity contribution in [2.24, 2.45) is 4.99 Å². The summed E-state index contributed by atoms with van der Waals surface area (Å²) >= 11 is 4.23. The standard InChI is InChI=1S/C13H22IN3S/c1-4-5-10-17(3)13(15-2)16-9-8-11-6-7-12(14)18-11/h6-7H,4-5,8-10H2,1-3H3,(H,15,16). The first-order chi connectivity index (χ1) is 8.67. The summed E-state index contributed by atoms with van der Waals surface area (Å²) in [5.74, 6) is 0.995. The van der Waals surface area contributed by atoms with E-state index >= 15 is 0 Å². The Morgan fingerprint density at radius 3 is 2.83 bits per heavy atom. The zero-order valence-electron chi connectivity index (χ0n) is 11.4. The van der Waals surface area contributed by atoms with Gasteiger partial charge in [-0.05, 0) is 47.6 Å². The highest BCUT2D eigenvalue weighted by Gasteiger charge is 2.04. The second kappa shape index (κ2) is 8.74. The van der Waals surface area contributed by atoms with Crippen molar-refractivity contribution in [3.8, 4) is 0 Å². The highest BCUT2D eigenvalue weighted by atomic mass is 127. The summed E-state index contributed by atoms with van der Waals surface area (Å²) in [7, 11) is 3.94. The summed E-state index contributed by atoms with van der Waals surface area (Å²) < 4.78 is 1.35. The van der Waals surface area contributed by atoms with Crippen molar-refractivity contribution in [2.75, 3.05) is 27.2 Å². The molecule has 0 aliphatic carbocycles. The van der Waals surface area contributed by atoms with Gasteiger partial charge in [0.1, 0.15) is 0 Å². The second-order valence-corrected chi connectivity index (χ2v) is 7.27. The predicted molar refractivity (Wildman–Crippen MR) is 89.6 cm³/mol. The number of nitrogens with one attached hydrogen (secondary N) is 1. The summed E-state index contributed by atoms with van der Waals surface area (Å²) in [5.41, 5.74) is 0. The third-order valence-corrected chi connectivity index (χ3v) is 4.66. The lowest BCUT2D eigenvalue weighted by atomic mass is 10.3. The van der Waals surface area contributed by atoms with Gasteiger partial charge in [-0.3, -0.25) is 4.99 Å². The Hall–Kier alpha value is -0.300. The zero-order chi connectivity index (χ0) is 13.4. The molecule has 0 aromatic carbocycles. The molecule has 0 saturated carbocycles. The highest BCUT2D eigenvalue weighted by Crippen LogP contribution is 2.18. The number of thiophene rings is 1. The van der Waals surface area contributed by atoms with Crippen molar-refractivity contribution in [1.29, 1.82) is 0 Å². The van der Waals surface area contributed by atoms with Gasteiger partial charge in [0.15, 0.2) is 5.96 Å². The van der Waals surface area contributed by atoms with Gasteiger partial charge in [0, 0.05) is 32.1 Å². The summed E-state index contributed by atoms with van der Waals surface area (Å²) in [6.07, 6.45) is 3.49. The molecule has 1 aromatic heterocycles. The first-order valence-electron chi connectivity index (χ1n) is 6.33. The molecular weight excluding hydrogens is 357 g/mol. The van der Waals surface area contributed by atoms with Crippen LogP contribution in [0.4, 0.5) is 0 Å². The average Bonchev–Trinajstić information content (AvgIpc) is 2.77. The third kappa shape index (κ3) is 5.56. The molecule has 0 atom stereocenters. The van der Waals surface area contributed by atoms with Gasteiger partial charge in [-0.15, -0.1) is 11.3 Å². The lowest BCUT2D eigenvalue weighted by Crippen LogP contribution is -2.40. The molecule has 1 rings (SSSR count). The van der Waals surface area contributed by atoms with Crippen molar-refractivity contribution in [3.05, 3.63) is 19.9 Å². The van der Waals surface area contributed by atoms with Crippen molar-refractivity contribution in [1.82, 2.24) is 10.2 Å². The summed E-state index contributed by atoms with van der Waals surface area (Å²) in [5, 5.41) is 3.42.